The molecule has 4 N–H and O–H groups in total. The Morgan fingerprint density at radius 2 is 1.89 bits per heavy atom. The van der Waals surface area contributed by atoms with Crippen molar-refractivity contribution in [3.63, 3.8) is 0 Å². The van der Waals surface area contributed by atoms with Gasteiger partial charge >= 0.3 is 0 Å². The quantitative estimate of drug-likeness (QED) is 0.285. The van der Waals surface area contributed by atoms with E-state index in [9.17, 15) is 9.59 Å². The number of pyridine rings is 1. The average molecular weight is 549 g/mol. The summed E-state index contributed by atoms with van der Waals surface area (Å²) >= 11 is 12.0. The molecule has 0 radical (unpaired) electrons. The maximum absolute atomic E-state index is 12.6. The van der Waals surface area contributed by atoms with E-state index in [0.717, 1.165) is 12.8 Å². The number of benzene rings is 2. The molecule has 1 aromatic heterocycles. The molecule has 196 valence electrons. The van der Waals surface area contributed by atoms with Crippen molar-refractivity contribution in [2.75, 3.05) is 19.0 Å². The summed E-state index contributed by atoms with van der Waals surface area (Å²) < 4.78 is 0. The van der Waals surface area contributed by atoms with E-state index in [1.165, 1.54) is 40.1 Å². The maximum Gasteiger partial charge on any atom is 0.253 e. The number of thiocarbonyl (C=S) groups is 1. The number of carbonyl (C=O) groups is 2. The van der Waals surface area contributed by atoms with Crippen LogP contribution >= 0.6 is 23.8 Å². The summed E-state index contributed by atoms with van der Waals surface area (Å²) in [5.74, 6) is -0.178. The molecule has 2 aliphatic rings. The maximum atomic E-state index is 12.6. The van der Waals surface area contributed by atoms with Gasteiger partial charge in [0.15, 0.2) is 10.9 Å². The van der Waals surface area contributed by atoms with Gasteiger partial charge < -0.3 is 15.5 Å². The van der Waals surface area contributed by atoms with Crippen LogP contribution in [0.3, 0.4) is 0 Å². The van der Waals surface area contributed by atoms with Crippen LogP contribution in [0.1, 0.15) is 50.6 Å². The van der Waals surface area contributed by atoms with Crippen LogP contribution in [0, 0.1) is 6.92 Å². The lowest BCUT2D eigenvalue weighted by molar-refractivity contribution is -0.128. The first-order valence-electron chi connectivity index (χ1n) is 12.5. The molecule has 2 atom stereocenters. The van der Waals surface area contributed by atoms with Gasteiger partial charge in [0, 0.05) is 19.8 Å². The SMILES string of the molecule is Cc1cccc2c1CCc1ccccc1C2NC(=S)NNc1ncc(C(=O)NC2CCN(C)C2=O)cc1Cl. The van der Waals surface area contributed by atoms with Crippen LogP contribution in [0.2, 0.25) is 5.02 Å². The van der Waals surface area contributed by atoms with Crippen LogP contribution in [0.25, 0.3) is 0 Å². The third kappa shape index (κ3) is 5.30. The zero-order valence-electron chi connectivity index (χ0n) is 21.2. The summed E-state index contributed by atoms with van der Waals surface area (Å²) in [5.41, 5.74) is 12.5. The zero-order valence-corrected chi connectivity index (χ0v) is 22.7. The number of hydrogen-bond donors (Lipinski definition) is 4. The second-order valence-electron chi connectivity index (χ2n) is 9.63. The molecule has 2 unspecified atom stereocenters. The first-order chi connectivity index (χ1) is 18.3. The Hall–Kier alpha value is -3.69. The molecule has 38 heavy (non-hydrogen) atoms. The van der Waals surface area contributed by atoms with Crippen LogP contribution < -0.4 is 21.5 Å². The van der Waals surface area contributed by atoms with E-state index in [-0.39, 0.29) is 22.5 Å². The highest BCUT2D eigenvalue weighted by Crippen LogP contribution is 2.34. The summed E-state index contributed by atoms with van der Waals surface area (Å²) in [4.78, 5) is 30.6. The van der Waals surface area contributed by atoms with Crippen LogP contribution in [-0.4, -0.2) is 46.4 Å². The number of rotatable bonds is 5. The summed E-state index contributed by atoms with van der Waals surface area (Å²) in [5, 5.41) is 6.82. The number of likely N-dealkylation sites (N-methyl/N-ethyl adjacent to an activating group) is 1. The Morgan fingerprint density at radius 3 is 2.66 bits per heavy atom. The van der Waals surface area contributed by atoms with Crippen LogP contribution in [-0.2, 0) is 17.6 Å². The molecular weight excluding hydrogens is 520 g/mol. The van der Waals surface area contributed by atoms with E-state index in [1.807, 2.05) is 6.07 Å². The summed E-state index contributed by atoms with van der Waals surface area (Å²) in [7, 11) is 1.72. The monoisotopic (exact) mass is 548 g/mol. The third-order valence-electron chi connectivity index (χ3n) is 7.17. The van der Waals surface area contributed by atoms with Gasteiger partial charge in [-0.15, -0.1) is 0 Å². The zero-order chi connectivity index (χ0) is 26.8. The van der Waals surface area contributed by atoms with Gasteiger partial charge in [-0.1, -0.05) is 54.1 Å². The van der Waals surface area contributed by atoms with Crippen molar-refractivity contribution >= 4 is 46.6 Å². The second-order valence-corrected chi connectivity index (χ2v) is 10.4. The van der Waals surface area contributed by atoms with Gasteiger partial charge in [-0.3, -0.25) is 20.4 Å². The molecule has 5 rings (SSSR count). The van der Waals surface area contributed by atoms with Crippen LogP contribution in [0.4, 0.5) is 5.82 Å². The average Bonchev–Trinajstić information content (AvgIpc) is 3.13. The summed E-state index contributed by atoms with van der Waals surface area (Å²) in [6.07, 6.45) is 3.92. The van der Waals surface area contributed by atoms with Crippen molar-refractivity contribution in [3.05, 3.63) is 93.1 Å². The van der Waals surface area contributed by atoms with Gasteiger partial charge in [0.25, 0.3) is 5.91 Å². The van der Waals surface area contributed by atoms with E-state index in [2.05, 4.69) is 69.8 Å². The Kier molecular flexibility index (Phi) is 7.49. The molecular formula is C28H29ClN6O2S. The first-order valence-corrected chi connectivity index (χ1v) is 13.3. The largest absolute Gasteiger partial charge is 0.350 e. The Bertz CT molecular complexity index is 1410. The van der Waals surface area contributed by atoms with E-state index in [1.54, 1.807) is 11.9 Å². The highest BCUT2D eigenvalue weighted by molar-refractivity contribution is 7.80. The Labute approximate surface area is 232 Å². The molecule has 0 saturated carbocycles. The molecule has 8 nitrogen and oxygen atoms in total. The van der Waals surface area contributed by atoms with E-state index in [0.29, 0.717) is 23.9 Å². The fourth-order valence-corrected chi connectivity index (χ4v) is 5.48. The van der Waals surface area contributed by atoms with Crippen molar-refractivity contribution in [3.8, 4) is 0 Å². The predicted octanol–water partition coefficient (Wildman–Crippen LogP) is 3.68. The van der Waals surface area contributed by atoms with Crippen molar-refractivity contribution in [1.82, 2.24) is 25.9 Å². The molecule has 1 fully saturated rings. The van der Waals surface area contributed by atoms with Gasteiger partial charge in [0.2, 0.25) is 5.91 Å². The van der Waals surface area contributed by atoms with Gasteiger partial charge in [-0.05, 0) is 72.3 Å². The van der Waals surface area contributed by atoms with Crippen LogP contribution in [0.15, 0.2) is 54.7 Å². The Morgan fingerprint density at radius 1 is 1.11 bits per heavy atom. The fourth-order valence-electron chi connectivity index (χ4n) is 5.10. The summed E-state index contributed by atoms with van der Waals surface area (Å²) in [6, 6.07) is 15.7. The summed E-state index contributed by atoms with van der Waals surface area (Å²) in [6.45, 7) is 2.76. The topological polar surface area (TPSA) is 98.4 Å². The molecule has 1 aliphatic carbocycles. The van der Waals surface area contributed by atoms with Crippen molar-refractivity contribution in [2.24, 2.45) is 0 Å². The number of halogens is 1. The van der Waals surface area contributed by atoms with Crippen molar-refractivity contribution in [2.45, 2.75) is 38.3 Å². The lowest BCUT2D eigenvalue weighted by atomic mass is 9.93. The highest BCUT2D eigenvalue weighted by Gasteiger charge is 2.30. The minimum absolute atomic E-state index is 0.102. The van der Waals surface area contributed by atoms with Gasteiger partial charge in [0.1, 0.15) is 6.04 Å². The van der Waals surface area contributed by atoms with Crippen molar-refractivity contribution in [1.29, 1.82) is 0 Å². The smallest absolute Gasteiger partial charge is 0.253 e. The normalized spacial score (nSPS) is 18.2. The minimum Gasteiger partial charge on any atom is -0.350 e. The van der Waals surface area contributed by atoms with Gasteiger partial charge in [0.05, 0.1) is 16.6 Å². The number of anilines is 1. The molecule has 0 bridgehead atoms. The minimum atomic E-state index is -0.530. The second kappa shape index (κ2) is 11.0. The van der Waals surface area contributed by atoms with Gasteiger partial charge in [-0.25, -0.2) is 4.98 Å². The number of nitrogens with one attached hydrogen (secondary N) is 4. The molecule has 2 heterocycles. The number of hydrogen-bond acceptors (Lipinski definition) is 5. The predicted molar refractivity (Wildman–Crippen MR) is 152 cm³/mol. The number of likely N-dealkylation sites (tertiary alicyclic amines) is 1. The molecule has 1 aliphatic heterocycles. The lowest BCUT2D eigenvalue weighted by Crippen LogP contribution is -2.41. The highest BCUT2D eigenvalue weighted by atomic mass is 35.5. The number of aromatic nitrogens is 1. The molecule has 1 saturated heterocycles. The molecule has 10 heteroatoms. The van der Waals surface area contributed by atoms with Gasteiger partial charge in [-0.2, -0.15) is 0 Å². The number of nitrogens with zero attached hydrogens (tertiary/aromatic N) is 2. The number of carbonyl (C=O) groups excluding carboxylic acids is 2. The molecule has 2 aromatic carbocycles. The lowest BCUT2D eigenvalue weighted by Gasteiger charge is -2.24. The molecule has 3 aromatic rings. The molecule has 0 spiro atoms. The first kappa shape index (κ1) is 25.9. The van der Waals surface area contributed by atoms with Crippen molar-refractivity contribution < 1.29 is 9.59 Å². The standard InChI is InChI=1S/C28H29ClN6O2S/c1-16-6-5-9-21-19(16)11-10-17-7-3-4-8-20(17)24(21)32-28(38)34-33-25-22(29)14-18(15-30-25)26(36)31-23-12-13-35(2)27(23)37/h3-9,14-15,23-24H,10-13H2,1-2H3,(H,30,33)(H,31,36)(H2,32,34,38). The van der Waals surface area contributed by atoms with E-state index in [4.69, 9.17) is 23.8 Å². The fraction of sp³-hybridized carbons (Fsp3) is 0.286. The third-order valence-corrected chi connectivity index (χ3v) is 7.68. The number of amides is 2. The number of fused-ring (bicyclic) bond motifs is 2. The Balaban J connectivity index is 1.26. The number of aryl methyl sites for hydroxylation is 2. The van der Waals surface area contributed by atoms with Crippen LogP contribution in [0.5, 0.6) is 0 Å². The number of hydrazine groups is 1. The molecule has 2 amide bonds. The van der Waals surface area contributed by atoms with E-state index < -0.39 is 11.9 Å². The van der Waals surface area contributed by atoms with E-state index >= 15 is 0 Å².